The van der Waals surface area contributed by atoms with E-state index in [0.717, 1.165) is 22.7 Å². The zero-order valence-electron chi connectivity index (χ0n) is 15.2. The summed E-state index contributed by atoms with van der Waals surface area (Å²) in [6.45, 7) is 6.95. The predicted molar refractivity (Wildman–Crippen MR) is 108 cm³/mol. The van der Waals surface area contributed by atoms with Crippen molar-refractivity contribution < 1.29 is 9.59 Å². The molecule has 0 bridgehead atoms. The van der Waals surface area contributed by atoms with Crippen molar-refractivity contribution in [1.29, 1.82) is 0 Å². The molecule has 2 amide bonds. The maximum Gasteiger partial charge on any atom is 0.286 e. The Morgan fingerprint density at radius 1 is 1.19 bits per heavy atom. The molecule has 0 saturated heterocycles. The Hall–Kier alpha value is -1.93. The highest BCUT2D eigenvalue weighted by molar-refractivity contribution is 7.99. The first kappa shape index (κ1) is 20.4. The van der Waals surface area contributed by atoms with Gasteiger partial charge in [-0.05, 0) is 31.4 Å². The molecule has 140 valence electrons. The smallest absolute Gasteiger partial charge is 0.286 e. The summed E-state index contributed by atoms with van der Waals surface area (Å²) < 4.78 is 0. The Labute approximate surface area is 162 Å². The van der Waals surface area contributed by atoms with Crippen molar-refractivity contribution in [2.45, 2.75) is 32.9 Å². The van der Waals surface area contributed by atoms with Gasteiger partial charge in [0.1, 0.15) is 5.01 Å². The van der Waals surface area contributed by atoms with Gasteiger partial charge in [0.25, 0.3) is 5.91 Å². The average Bonchev–Trinajstić information content (AvgIpc) is 3.05. The number of rotatable bonds is 9. The fraction of sp³-hybridized carbons (Fsp3) is 0.444. The summed E-state index contributed by atoms with van der Waals surface area (Å²) in [5.41, 5.74) is 1.86. The van der Waals surface area contributed by atoms with E-state index in [1.54, 1.807) is 0 Å². The third-order valence-corrected chi connectivity index (χ3v) is 5.52. The van der Waals surface area contributed by atoms with E-state index in [9.17, 15) is 9.59 Å². The molecule has 0 fully saturated rings. The van der Waals surface area contributed by atoms with Gasteiger partial charge in [0, 0.05) is 18.0 Å². The van der Waals surface area contributed by atoms with E-state index in [1.165, 1.54) is 23.1 Å². The molecule has 6 nitrogen and oxygen atoms in total. The maximum absolute atomic E-state index is 12.2. The summed E-state index contributed by atoms with van der Waals surface area (Å²) in [7, 11) is 0. The number of carbonyl (C=O) groups is 2. The van der Waals surface area contributed by atoms with Gasteiger partial charge >= 0.3 is 0 Å². The number of aromatic nitrogens is 2. The van der Waals surface area contributed by atoms with Crippen molar-refractivity contribution >= 4 is 40.6 Å². The first-order chi connectivity index (χ1) is 12.4. The number of thioether (sulfide) groups is 1. The fourth-order valence-electron chi connectivity index (χ4n) is 2.01. The molecule has 0 atom stereocenters. The highest BCUT2D eigenvalue weighted by Gasteiger charge is 2.13. The first-order valence-electron chi connectivity index (χ1n) is 8.49. The van der Waals surface area contributed by atoms with Crippen LogP contribution in [0.5, 0.6) is 0 Å². The number of amides is 2. The Morgan fingerprint density at radius 2 is 1.92 bits per heavy atom. The van der Waals surface area contributed by atoms with Crippen LogP contribution >= 0.6 is 23.1 Å². The number of benzene rings is 1. The number of aryl methyl sites for hydroxylation is 1. The van der Waals surface area contributed by atoms with Crippen LogP contribution in [-0.4, -0.2) is 34.3 Å². The van der Waals surface area contributed by atoms with Crippen LogP contribution in [0, 0.1) is 12.8 Å². The quantitative estimate of drug-likeness (QED) is 0.682. The van der Waals surface area contributed by atoms with Crippen molar-refractivity contribution in [3.63, 3.8) is 0 Å². The Morgan fingerprint density at radius 3 is 2.62 bits per heavy atom. The minimum Gasteiger partial charge on any atom is -0.355 e. The van der Waals surface area contributed by atoms with E-state index in [1.807, 2.05) is 31.2 Å². The standard InChI is InChI=1S/C18H24N4O2S2/c1-12(2)8-9-19-15(23)10-25-11-16-21-22-18(26-16)17(24)20-14-6-4-13(3)5-7-14/h4-7,12H,8-11H2,1-3H3,(H,19,23)(H,20,24). The van der Waals surface area contributed by atoms with Crippen molar-refractivity contribution in [1.82, 2.24) is 15.5 Å². The maximum atomic E-state index is 12.2. The van der Waals surface area contributed by atoms with Crippen LogP contribution in [0.1, 0.15) is 40.6 Å². The van der Waals surface area contributed by atoms with Crippen LogP contribution in [0.15, 0.2) is 24.3 Å². The van der Waals surface area contributed by atoms with E-state index >= 15 is 0 Å². The molecule has 0 unspecified atom stereocenters. The van der Waals surface area contributed by atoms with Gasteiger partial charge in [-0.15, -0.1) is 22.0 Å². The number of hydrogen-bond acceptors (Lipinski definition) is 6. The molecule has 0 spiro atoms. The Balaban J connectivity index is 1.74. The number of anilines is 1. The number of hydrogen-bond donors (Lipinski definition) is 2. The lowest BCUT2D eigenvalue weighted by atomic mass is 10.1. The van der Waals surface area contributed by atoms with E-state index in [2.05, 4.69) is 34.7 Å². The number of nitrogens with zero attached hydrogens (tertiary/aromatic N) is 2. The average molecular weight is 393 g/mol. The molecule has 0 saturated carbocycles. The zero-order valence-corrected chi connectivity index (χ0v) is 16.9. The first-order valence-corrected chi connectivity index (χ1v) is 10.5. The van der Waals surface area contributed by atoms with Crippen molar-refractivity contribution in [3.8, 4) is 0 Å². The van der Waals surface area contributed by atoms with Gasteiger partial charge < -0.3 is 10.6 Å². The molecule has 2 rings (SSSR count). The van der Waals surface area contributed by atoms with Gasteiger partial charge in [-0.3, -0.25) is 9.59 Å². The molecule has 2 aromatic rings. The summed E-state index contributed by atoms with van der Waals surface area (Å²) >= 11 is 2.72. The van der Waals surface area contributed by atoms with Gasteiger partial charge in [-0.2, -0.15) is 0 Å². The van der Waals surface area contributed by atoms with Gasteiger partial charge in [0.2, 0.25) is 10.9 Å². The number of carbonyl (C=O) groups excluding carboxylic acids is 2. The second-order valence-electron chi connectivity index (χ2n) is 6.35. The Kier molecular flexibility index (Phi) is 8.06. The molecular weight excluding hydrogens is 368 g/mol. The second-order valence-corrected chi connectivity index (χ2v) is 8.39. The summed E-state index contributed by atoms with van der Waals surface area (Å²) in [5.74, 6) is 1.27. The minimum absolute atomic E-state index is 0.0255. The van der Waals surface area contributed by atoms with Crippen LogP contribution in [-0.2, 0) is 10.5 Å². The molecule has 8 heteroatoms. The summed E-state index contributed by atoms with van der Waals surface area (Å²) in [6, 6.07) is 7.57. The van der Waals surface area contributed by atoms with Crippen LogP contribution < -0.4 is 10.6 Å². The van der Waals surface area contributed by atoms with E-state index in [-0.39, 0.29) is 11.8 Å². The summed E-state index contributed by atoms with van der Waals surface area (Å²) in [6.07, 6.45) is 0.978. The minimum atomic E-state index is -0.269. The monoisotopic (exact) mass is 392 g/mol. The van der Waals surface area contributed by atoms with Gasteiger partial charge in [0.05, 0.1) is 5.75 Å². The predicted octanol–water partition coefficient (Wildman–Crippen LogP) is 3.49. The van der Waals surface area contributed by atoms with Crippen LogP contribution in [0.2, 0.25) is 0 Å². The van der Waals surface area contributed by atoms with Gasteiger partial charge in [-0.25, -0.2) is 0 Å². The third-order valence-electron chi connectivity index (χ3n) is 3.47. The van der Waals surface area contributed by atoms with Gasteiger partial charge in [-0.1, -0.05) is 42.9 Å². The molecule has 1 aromatic heterocycles. The third kappa shape index (κ3) is 7.13. The zero-order chi connectivity index (χ0) is 18.9. The molecule has 1 heterocycles. The number of nitrogens with one attached hydrogen (secondary N) is 2. The topological polar surface area (TPSA) is 84.0 Å². The van der Waals surface area contributed by atoms with Crippen molar-refractivity contribution in [2.24, 2.45) is 5.92 Å². The fourth-order valence-corrected chi connectivity index (χ4v) is 3.65. The summed E-state index contributed by atoms with van der Waals surface area (Å²) in [5, 5.41) is 14.7. The van der Waals surface area contributed by atoms with Crippen LogP contribution in [0.4, 0.5) is 5.69 Å². The lowest BCUT2D eigenvalue weighted by molar-refractivity contribution is -0.118. The normalized spacial score (nSPS) is 10.8. The molecule has 2 N–H and O–H groups in total. The largest absolute Gasteiger partial charge is 0.355 e. The highest BCUT2D eigenvalue weighted by atomic mass is 32.2. The van der Waals surface area contributed by atoms with Crippen LogP contribution in [0.25, 0.3) is 0 Å². The molecule has 26 heavy (non-hydrogen) atoms. The lowest BCUT2D eigenvalue weighted by Crippen LogP contribution is -2.26. The van der Waals surface area contributed by atoms with Gasteiger partial charge in [0.15, 0.2) is 0 Å². The highest BCUT2D eigenvalue weighted by Crippen LogP contribution is 2.18. The molecule has 1 aromatic carbocycles. The van der Waals surface area contributed by atoms with Crippen molar-refractivity contribution in [2.75, 3.05) is 17.6 Å². The second kappa shape index (κ2) is 10.3. The SMILES string of the molecule is Cc1ccc(NC(=O)c2nnc(CSCC(=O)NCCC(C)C)s2)cc1. The Bertz CT molecular complexity index is 729. The molecule has 0 aliphatic heterocycles. The lowest BCUT2D eigenvalue weighted by Gasteiger charge is -2.06. The van der Waals surface area contributed by atoms with Crippen molar-refractivity contribution in [3.05, 3.63) is 39.8 Å². The molecule has 0 radical (unpaired) electrons. The van der Waals surface area contributed by atoms with E-state index in [4.69, 9.17) is 0 Å². The van der Waals surface area contributed by atoms with E-state index in [0.29, 0.717) is 29.0 Å². The molecule has 0 aliphatic carbocycles. The van der Waals surface area contributed by atoms with E-state index < -0.39 is 0 Å². The van der Waals surface area contributed by atoms with Crippen LogP contribution in [0.3, 0.4) is 0 Å². The molecule has 0 aliphatic rings. The summed E-state index contributed by atoms with van der Waals surface area (Å²) in [4.78, 5) is 23.9. The molecular formula is C18H24N4O2S2.